The monoisotopic (exact) mass is 271 g/mol. The topological polar surface area (TPSA) is 52.3 Å². The Balaban J connectivity index is 2.78. The van der Waals surface area contributed by atoms with E-state index in [0.717, 1.165) is 0 Å². The van der Waals surface area contributed by atoms with E-state index in [2.05, 4.69) is 16.6 Å². The Morgan fingerprint density at radius 2 is 2.18 bits per heavy atom. The summed E-state index contributed by atoms with van der Waals surface area (Å²) >= 11 is 11.8. The van der Waals surface area contributed by atoms with E-state index in [4.69, 9.17) is 28.9 Å². The average molecular weight is 272 g/mol. The third-order valence-electron chi connectivity index (χ3n) is 2.02. The van der Waals surface area contributed by atoms with E-state index in [-0.39, 0.29) is 12.4 Å². The highest BCUT2D eigenvalue weighted by molar-refractivity contribution is 6.43. The summed E-state index contributed by atoms with van der Waals surface area (Å²) in [6.45, 7) is 0. The fourth-order valence-electron chi connectivity index (χ4n) is 1.11. The van der Waals surface area contributed by atoms with Crippen molar-refractivity contribution in [1.29, 1.82) is 0 Å². The molecular formula is C12H11Cl2NO2. The summed E-state index contributed by atoms with van der Waals surface area (Å²) in [6.07, 6.45) is 0.622. The molecule has 0 saturated heterocycles. The van der Waals surface area contributed by atoms with Crippen LogP contribution in [-0.2, 0) is 9.53 Å². The molecule has 0 amide bonds. The zero-order valence-electron chi connectivity index (χ0n) is 9.22. The van der Waals surface area contributed by atoms with Gasteiger partial charge in [0.05, 0.1) is 29.1 Å². The summed E-state index contributed by atoms with van der Waals surface area (Å²) in [5.74, 6) is 5.30. The van der Waals surface area contributed by atoms with Crippen molar-refractivity contribution in [3.8, 4) is 11.8 Å². The first-order chi connectivity index (χ1) is 8.06. The summed E-state index contributed by atoms with van der Waals surface area (Å²) in [5.41, 5.74) is 6.67. The van der Waals surface area contributed by atoms with Crippen LogP contribution >= 0.6 is 23.2 Å². The van der Waals surface area contributed by atoms with Crippen LogP contribution in [0, 0.1) is 11.8 Å². The van der Waals surface area contributed by atoms with E-state index in [9.17, 15) is 4.79 Å². The molecular weight excluding hydrogens is 261 g/mol. The minimum Gasteiger partial charge on any atom is -0.469 e. The van der Waals surface area contributed by atoms with Gasteiger partial charge in [0.25, 0.3) is 0 Å². The summed E-state index contributed by atoms with van der Waals surface area (Å²) < 4.78 is 4.49. The molecule has 0 fully saturated rings. The number of nitrogen functional groups attached to an aromatic ring is 1. The molecule has 1 aromatic carbocycles. The second-order valence-corrected chi connectivity index (χ2v) is 3.99. The fourth-order valence-corrected chi connectivity index (χ4v) is 1.49. The van der Waals surface area contributed by atoms with Gasteiger partial charge in [-0.1, -0.05) is 35.0 Å². The minimum atomic E-state index is -0.301. The molecule has 1 aromatic rings. The number of benzene rings is 1. The van der Waals surface area contributed by atoms with Gasteiger partial charge in [0.1, 0.15) is 0 Å². The lowest BCUT2D eigenvalue weighted by molar-refractivity contribution is -0.140. The Morgan fingerprint density at radius 1 is 1.47 bits per heavy atom. The number of halogens is 2. The molecule has 0 atom stereocenters. The lowest BCUT2D eigenvalue weighted by Crippen LogP contribution is -1.98. The Morgan fingerprint density at radius 3 is 2.82 bits per heavy atom. The summed E-state index contributed by atoms with van der Waals surface area (Å²) in [7, 11) is 1.33. The molecule has 2 N–H and O–H groups in total. The number of carbonyl (C=O) groups is 1. The largest absolute Gasteiger partial charge is 0.469 e. The van der Waals surface area contributed by atoms with Crippen LogP contribution in [0.3, 0.4) is 0 Å². The molecule has 3 nitrogen and oxygen atoms in total. The van der Waals surface area contributed by atoms with Crippen molar-refractivity contribution in [3.63, 3.8) is 0 Å². The van der Waals surface area contributed by atoms with Gasteiger partial charge in [0.2, 0.25) is 0 Å². The number of carbonyl (C=O) groups excluding carboxylic acids is 1. The molecule has 0 bridgehead atoms. The summed E-state index contributed by atoms with van der Waals surface area (Å²) in [6, 6.07) is 3.25. The molecule has 0 unspecified atom stereocenters. The Bertz CT molecular complexity index is 489. The van der Waals surface area contributed by atoms with E-state index in [0.29, 0.717) is 27.7 Å². The quantitative estimate of drug-likeness (QED) is 0.511. The Kier molecular flexibility index (Phi) is 5.14. The number of rotatable bonds is 2. The van der Waals surface area contributed by atoms with E-state index in [1.54, 1.807) is 12.1 Å². The zero-order chi connectivity index (χ0) is 12.8. The molecule has 90 valence electrons. The number of hydrogen-bond donors (Lipinski definition) is 1. The van der Waals surface area contributed by atoms with Crippen LogP contribution in [0.25, 0.3) is 0 Å². The van der Waals surface area contributed by atoms with Gasteiger partial charge in [-0.3, -0.25) is 4.79 Å². The van der Waals surface area contributed by atoms with Crippen LogP contribution in [0.5, 0.6) is 0 Å². The predicted molar refractivity (Wildman–Crippen MR) is 69.0 cm³/mol. The van der Waals surface area contributed by atoms with E-state index < -0.39 is 0 Å². The molecule has 0 heterocycles. The minimum absolute atomic E-state index is 0.238. The molecule has 5 heteroatoms. The highest BCUT2D eigenvalue weighted by atomic mass is 35.5. The first kappa shape index (κ1) is 13.7. The fraction of sp³-hybridized carbons (Fsp3) is 0.250. The van der Waals surface area contributed by atoms with Gasteiger partial charge in [0, 0.05) is 12.1 Å². The van der Waals surface area contributed by atoms with Crippen LogP contribution in [0.2, 0.25) is 10.0 Å². The highest BCUT2D eigenvalue weighted by Crippen LogP contribution is 2.29. The smallest absolute Gasteiger partial charge is 0.306 e. The highest BCUT2D eigenvalue weighted by Gasteiger charge is 2.06. The van der Waals surface area contributed by atoms with Crippen LogP contribution in [-0.4, -0.2) is 13.1 Å². The standard InChI is InChI=1S/C12H11Cl2NO2/c1-17-11(16)5-3-2-4-8-10(15)7-6-9(13)12(8)14/h6-7H,3,5,15H2,1H3. The third-order valence-corrected chi connectivity index (χ3v) is 2.83. The van der Waals surface area contributed by atoms with Crippen molar-refractivity contribution in [3.05, 3.63) is 27.7 Å². The summed E-state index contributed by atoms with van der Waals surface area (Å²) in [4.78, 5) is 10.8. The van der Waals surface area contributed by atoms with Gasteiger partial charge < -0.3 is 10.5 Å². The lowest BCUT2D eigenvalue weighted by atomic mass is 10.1. The van der Waals surface area contributed by atoms with E-state index in [1.807, 2.05) is 0 Å². The molecule has 0 aromatic heterocycles. The molecule has 0 aliphatic carbocycles. The van der Waals surface area contributed by atoms with Gasteiger partial charge >= 0.3 is 5.97 Å². The predicted octanol–water partition coefficient (Wildman–Crippen LogP) is 2.88. The number of ether oxygens (including phenoxy) is 1. The zero-order valence-corrected chi connectivity index (χ0v) is 10.7. The lowest BCUT2D eigenvalue weighted by Gasteiger charge is -2.02. The van der Waals surface area contributed by atoms with Crippen molar-refractivity contribution in [1.82, 2.24) is 0 Å². The van der Waals surface area contributed by atoms with Crippen molar-refractivity contribution < 1.29 is 9.53 Å². The second-order valence-electron chi connectivity index (χ2n) is 3.20. The third kappa shape index (κ3) is 3.85. The first-order valence-corrected chi connectivity index (χ1v) is 5.61. The molecule has 0 spiro atoms. The maximum Gasteiger partial charge on any atom is 0.306 e. The molecule has 0 aliphatic rings. The summed E-state index contributed by atoms with van der Waals surface area (Å²) in [5, 5.41) is 0.732. The maximum absolute atomic E-state index is 10.8. The van der Waals surface area contributed by atoms with E-state index in [1.165, 1.54) is 7.11 Å². The van der Waals surface area contributed by atoms with Gasteiger partial charge in [-0.25, -0.2) is 0 Å². The number of methoxy groups -OCH3 is 1. The van der Waals surface area contributed by atoms with Crippen LogP contribution < -0.4 is 5.73 Å². The first-order valence-electron chi connectivity index (χ1n) is 4.85. The second kappa shape index (κ2) is 6.39. The van der Waals surface area contributed by atoms with E-state index >= 15 is 0 Å². The van der Waals surface area contributed by atoms with Crippen LogP contribution in [0.1, 0.15) is 18.4 Å². The van der Waals surface area contributed by atoms with Crippen molar-refractivity contribution in [2.75, 3.05) is 12.8 Å². The molecule has 1 rings (SSSR count). The van der Waals surface area contributed by atoms with Crippen molar-refractivity contribution >= 4 is 34.9 Å². The van der Waals surface area contributed by atoms with Gasteiger partial charge in [0.15, 0.2) is 0 Å². The van der Waals surface area contributed by atoms with Gasteiger partial charge in [-0.05, 0) is 12.1 Å². The van der Waals surface area contributed by atoms with Gasteiger partial charge in [-0.2, -0.15) is 0 Å². The molecule has 0 saturated carbocycles. The van der Waals surface area contributed by atoms with Crippen LogP contribution in [0.4, 0.5) is 5.69 Å². The van der Waals surface area contributed by atoms with Gasteiger partial charge in [-0.15, -0.1) is 0 Å². The SMILES string of the molecule is COC(=O)CCC#Cc1c(N)ccc(Cl)c1Cl. The maximum atomic E-state index is 10.8. The number of hydrogen-bond acceptors (Lipinski definition) is 3. The normalized spacial score (nSPS) is 9.35. The molecule has 0 radical (unpaired) electrons. The Hall–Kier alpha value is -1.37. The average Bonchev–Trinajstić information content (AvgIpc) is 2.32. The molecule has 17 heavy (non-hydrogen) atoms. The molecule has 0 aliphatic heterocycles. The van der Waals surface area contributed by atoms with Crippen molar-refractivity contribution in [2.45, 2.75) is 12.8 Å². The number of anilines is 1. The van der Waals surface area contributed by atoms with Crippen LogP contribution in [0.15, 0.2) is 12.1 Å². The van der Waals surface area contributed by atoms with Crippen molar-refractivity contribution in [2.24, 2.45) is 0 Å². The number of nitrogens with two attached hydrogens (primary N) is 1. The number of esters is 1. The Labute approximate surface area is 110 Å².